The molecule has 0 fully saturated rings. The molecule has 0 radical (unpaired) electrons. The van der Waals surface area contributed by atoms with Gasteiger partial charge in [0.25, 0.3) is 5.91 Å². The van der Waals surface area contributed by atoms with Gasteiger partial charge in [-0.2, -0.15) is 5.10 Å². The van der Waals surface area contributed by atoms with Crippen LogP contribution in [0, 0.1) is 0 Å². The Morgan fingerprint density at radius 1 is 1.04 bits per heavy atom. The fraction of sp³-hybridized carbons (Fsp3) is 0.364. The number of methoxy groups -OCH3 is 1. The van der Waals surface area contributed by atoms with Gasteiger partial charge < -0.3 is 4.74 Å². The summed E-state index contributed by atoms with van der Waals surface area (Å²) in [5.41, 5.74) is 3.95. The Bertz CT molecular complexity index is 800. The van der Waals surface area contributed by atoms with Crippen molar-refractivity contribution in [1.29, 1.82) is 0 Å². The number of rotatable bonds is 3. The summed E-state index contributed by atoms with van der Waals surface area (Å²) in [6.45, 7) is 7.15. The van der Waals surface area contributed by atoms with Crippen LogP contribution < -0.4 is 4.74 Å². The first-order valence-corrected chi connectivity index (χ1v) is 9.03. The minimum absolute atomic E-state index is 0.0452. The van der Waals surface area contributed by atoms with E-state index in [1.54, 1.807) is 12.1 Å². The zero-order valence-electron chi connectivity index (χ0n) is 16.0. The largest absolute Gasteiger partial charge is 0.497 e. The molecule has 4 nitrogen and oxygen atoms in total. The van der Waals surface area contributed by atoms with Crippen LogP contribution in [-0.4, -0.2) is 30.3 Å². The number of carbonyl (C=O) groups excluding carboxylic acids is 1. The second-order valence-electron chi connectivity index (χ2n) is 7.63. The molecule has 2 aromatic carbocycles. The van der Waals surface area contributed by atoms with Crippen LogP contribution in [0.3, 0.4) is 0 Å². The highest BCUT2D eigenvalue weighted by Gasteiger charge is 2.21. The third-order valence-electron chi connectivity index (χ3n) is 4.68. The number of carbonyl (C=O) groups is 1. The van der Waals surface area contributed by atoms with Crippen molar-refractivity contribution in [1.82, 2.24) is 5.01 Å². The van der Waals surface area contributed by atoms with E-state index in [2.05, 4.69) is 25.9 Å². The zero-order valence-corrected chi connectivity index (χ0v) is 16.0. The van der Waals surface area contributed by atoms with Crippen LogP contribution in [0.25, 0.3) is 0 Å². The van der Waals surface area contributed by atoms with Crippen LogP contribution in [0.1, 0.15) is 55.1 Å². The van der Waals surface area contributed by atoms with E-state index in [-0.39, 0.29) is 11.3 Å². The lowest BCUT2D eigenvalue weighted by Crippen LogP contribution is -2.32. The predicted molar refractivity (Wildman–Crippen MR) is 105 cm³/mol. The Kier molecular flexibility index (Phi) is 5.12. The summed E-state index contributed by atoms with van der Waals surface area (Å²) in [7, 11) is 1.65. The minimum atomic E-state index is -0.0452. The molecule has 136 valence electrons. The molecule has 0 saturated heterocycles. The summed E-state index contributed by atoms with van der Waals surface area (Å²) in [6, 6.07) is 15.7. The van der Waals surface area contributed by atoms with Crippen LogP contribution in [0.15, 0.2) is 53.6 Å². The summed E-state index contributed by atoms with van der Waals surface area (Å²) >= 11 is 0. The first-order chi connectivity index (χ1) is 12.4. The normalized spacial score (nSPS) is 14.8. The Morgan fingerprint density at radius 2 is 1.69 bits per heavy atom. The highest BCUT2D eigenvalue weighted by Crippen LogP contribution is 2.23. The molecule has 0 aliphatic carbocycles. The van der Waals surface area contributed by atoms with Gasteiger partial charge in [0.2, 0.25) is 0 Å². The van der Waals surface area contributed by atoms with Crippen molar-refractivity contribution in [2.75, 3.05) is 13.7 Å². The first kappa shape index (κ1) is 18.2. The molecule has 1 amide bonds. The number of hydrogen-bond donors (Lipinski definition) is 0. The van der Waals surface area contributed by atoms with Gasteiger partial charge in [0.1, 0.15) is 5.75 Å². The first-order valence-electron chi connectivity index (χ1n) is 9.03. The Balaban J connectivity index is 1.80. The monoisotopic (exact) mass is 350 g/mol. The summed E-state index contributed by atoms with van der Waals surface area (Å²) in [5, 5.41) is 6.21. The molecular weight excluding hydrogens is 324 g/mol. The topological polar surface area (TPSA) is 41.9 Å². The summed E-state index contributed by atoms with van der Waals surface area (Å²) in [6.07, 6.45) is 1.79. The van der Waals surface area contributed by atoms with Crippen molar-refractivity contribution >= 4 is 11.6 Å². The average molecular weight is 350 g/mol. The molecule has 0 spiro atoms. The average Bonchev–Trinajstić information content (AvgIpc) is 2.67. The van der Waals surface area contributed by atoms with Gasteiger partial charge in [0, 0.05) is 12.1 Å². The van der Waals surface area contributed by atoms with Gasteiger partial charge >= 0.3 is 0 Å². The number of benzene rings is 2. The van der Waals surface area contributed by atoms with Gasteiger partial charge in [-0.05, 0) is 65.8 Å². The van der Waals surface area contributed by atoms with Crippen LogP contribution in [0.5, 0.6) is 5.75 Å². The maximum absolute atomic E-state index is 12.8. The second-order valence-corrected chi connectivity index (χ2v) is 7.63. The van der Waals surface area contributed by atoms with Crippen molar-refractivity contribution in [3.05, 3.63) is 65.2 Å². The number of amides is 1. The lowest BCUT2D eigenvalue weighted by atomic mass is 9.86. The molecule has 0 saturated carbocycles. The predicted octanol–water partition coefficient (Wildman–Crippen LogP) is 4.63. The standard InChI is InChI=1S/C22H26N2O2/c1-22(2,3)18-11-7-17(8-12-18)21(25)24-15-5-6-20(23-24)16-9-13-19(26-4)14-10-16/h7-14H,5-6,15H2,1-4H3. The van der Waals surface area contributed by atoms with Crippen LogP contribution in [-0.2, 0) is 5.41 Å². The van der Waals surface area contributed by atoms with Crippen LogP contribution in [0.4, 0.5) is 0 Å². The second kappa shape index (κ2) is 7.32. The molecule has 0 N–H and O–H groups in total. The number of hydrogen-bond acceptors (Lipinski definition) is 3. The molecule has 0 bridgehead atoms. The molecule has 0 unspecified atom stereocenters. The maximum Gasteiger partial charge on any atom is 0.273 e. The van der Waals surface area contributed by atoms with Gasteiger partial charge in [-0.1, -0.05) is 32.9 Å². The van der Waals surface area contributed by atoms with Crippen molar-refractivity contribution in [3.8, 4) is 5.75 Å². The number of ether oxygens (including phenoxy) is 1. The van der Waals surface area contributed by atoms with E-state index < -0.39 is 0 Å². The highest BCUT2D eigenvalue weighted by molar-refractivity contribution is 6.03. The molecule has 1 aliphatic heterocycles. The van der Waals surface area contributed by atoms with E-state index in [9.17, 15) is 4.79 Å². The summed E-state index contributed by atoms with van der Waals surface area (Å²) in [4.78, 5) is 12.8. The molecule has 0 atom stereocenters. The van der Waals surface area contributed by atoms with Crippen molar-refractivity contribution in [2.24, 2.45) is 5.10 Å². The van der Waals surface area contributed by atoms with Gasteiger partial charge in [0.05, 0.1) is 12.8 Å². The summed E-state index contributed by atoms with van der Waals surface area (Å²) in [5.74, 6) is 0.771. The zero-order chi connectivity index (χ0) is 18.7. The molecular formula is C22H26N2O2. The highest BCUT2D eigenvalue weighted by atomic mass is 16.5. The van der Waals surface area contributed by atoms with Crippen LogP contribution >= 0.6 is 0 Å². The number of nitrogens with zero attached hydrogens (tertiary/aromatic N) is 2. The molecule has 3 rings (SSSR count). The quantitative estimate of drug-likeness (QED) is 0.810. The van der Waals surface area contributed by atoms with E-state index >= 15 is 0 Å². The maximum atomic E-state index is 12.8. The molecule has 26 heavy (non-hydrogen) atoms. The van der Waals surface area contributed by atoms with Gasteiger partial charge in [0.15, 0.2) is 0 Å². The van der Waals surface area contributed by atoms with Crippen molar-refractivity contribution in [2.45, 2.75) is 39.0 Å². The molecule has 2 aromatic rings. The molecule has 4 heteroatoms. The van der Waals surface area contributed by atoms with Crippen LogP contribution in [0.2, 0.25) is 0 Å². The molecule has 0 aromatic heterocycles. The van der Waals surface area contributed by atoms with E-state index in [1.807, 2.05) is 48.5 Å². The minimum Gasteiger partial charge on any atom is -0.497 e. The third-order valence-corrected chi connectivity index (χ3v) is 4.68. The SMILES string of the molecule is COc1ccc(C2=NN(C(=O)c3ccc(C(C)(C)C)cc3)CCC2)cc1. The molecule has 1 heterocycles. The lowest BCUT2D eigenvalue weighted by molar-refractivity contribution is 0.0751. The van der Waals surface area contributed by atoms with E-state index in [0.29, 0.717) is 12.1 Å². The van der Waals surface area contributed by atoms with Crippen molar-refractivity contribution < 1.29 is 9.53 Å². The van der Waals surface area contributed by atoms with E-state index in [1.165, 1.54) is 5.56 Å². The molecule has 1 aliphatic rings. The Morgan fingerprint density at radius 3 is 2.27 bits per heavy atom. The van der Waals surface area contributed by atoms with Crippen molar-refractivity contribution in [3.63, 3.8) is 0 Å². The fourth-order valence-corrected chi connectivity index (χ4v) is 3.04. The lowest BCUT2D eigenvalue weighted by Gasteiger charge is -2.24. The Hall–Kier alpha value is -2.62. The smallest absolute Gasteiger partial charge is 0.273 e. The van der Waals surface area contributed by atoms with E-state index in [4.69, 9.17) is 4.74 Å². The summed E-state index contributed by atoms with van der Waals surface area (Å²) < 4.78 is 5.20. The van der Waals surface area contributed by atoms with Gasteiger partial charge in [-0.15, -0.1) is 0 Å². The number of hydrazone groups is 1. The van der Waals surface area contributed by atoms with Gasteiger partial charge in [-0.25, -0.2) is 5.01 Å². The third kappa shape index (κ3) is 3.96. The fourth-order valence-electron chi connectivity index (χ4n) is 3.04. The van der Waals surface area contributed by atoms with Gasteiger partial charge in [-0.3, -0.25) is 4.79 Å². The Labute approximate surface area is 155 Å². The van der Waals surface area contributed by atoms with E-state index in [0.717, 1.165) is 29.9 Å².